The predicted octanol–water partition coefficient (Wildman–Crippen LogP) is 7.32. The fourth-order valence-corrected chi connectivity index (χ4v) is 9.39. The normalized spacial score (nSPS) is 22.1. The van der Waals surface area contributed by atoms with Gasteiger partial charge in [0.05, 0.1) is 6.61 Å². The van der Waals surface area contributed by atoms with Crippen molar-refractivity contribution >= 4 is 44.5 Å². The van der Waals surface area contributed by atoms with Crippen LogP contribution in [-0.2, 0) is 46.6 Å². The summed E-state index contributed by atoms with van der Waals surface area (Å²) in [6, 6.07) is 0. The van der Waals surface area contributed by atoms with Crippen LogP contribution in [0.2, 0.25) is 0 Å². The Hall–Kier alpha value is -0.980. The van der Waals surface area contributed by atoms with Crippen LogP contribution in [0.3, 0.4) is 0 Å². The highest BCUT2D eigenvalue weighted by Crippen LogP contribution is 2.49. The number of carbonyl (C=O) groups excluding carboxylic acids is 3. The number of esters is 2. The summed E-state index contributed by atoms with van der Waals surface area (Å²) >= 11 is 1.42. The molecule has 0 aliphatic heterocycles. The van der Waals surface area contributed by atoms with Crippen molar-refractivity contribution < 1.29 is 81.7 Å². The molecule has 8 atom stereocenters. The topological polar surface area (TPSA) is 273 Å². The lowest BCUT2D eigenvalue weighted by atomic mass is 9.85. The molecular weight excluding hydrogens is 858 g/mol. The van der Waals surface area contributed by atoms with Gasteiger partial charge in [-0.1, -0.05) is 148 Å². The lowest BCUT2D eigenvalue weighted by Crippen LogP contribution is -2.64. The van der Waals surface area contributed by atoms with E-state index in [0.29, 0.717) is 19.3 Å². The molecule has 1 aliphatic rings. The number of aliphatic hydroxyl groups excluding tert-OH is 4. The first-order valence-electron chi connectivity index (χ1n) is 22.6. The zero-order valence-electron chi connectivity index (χ0n) is 36.6. The zero-order chi connectivity index (χ0) is 45.5. The molecule has 0 bridgehead atoms. The number of phosphoric acid groups is 2. The Labute approximate surface area is 367 Å². The maximum atomic E-state index is 13.0. The Balaban J connectivity index is 2.60. The molecule has 0 aromatic rings. The standard InChI is InChI=1S/C41H78O17P2S/c1-3-5-6-7-8-9-10-11-12-14-18-21-24-28-34(43)56-32(30-54-33(42)27-23-20-17-15-13-16-19-22-25-29-61-35(44)26-4-2)31-55-60(52,53)58-41-38(47)36(45)37(46)40(39(41)48)57-59(49,50)51/h32,36-41,45-48H,3-31H2,1-2H3,(H,52,53)(H2,49,50,51)/t32-,36-,37?,38-,39?,40+,41?/m1/s1. The molecule has 1 rings (SSSR count). The van der Waals surface area contributed by atoms with E-state index in [1.54, 1.807) is 0 Å². The van der Waals surface area contributed by atoms with Crippen molar-refractivity contribution in [2.45, 2.75) is 224 Å². The number of thioether (sulfide) groups is 1. The van der Waals surface area contributed by atoms with Crippen LogP contribution in [0.4, 0.5) is 0 Å². The Morgan fingerprint density at radius 3 is 1.44 bits per heavy atom. The van der Waals surface area contributed by atoms with Gasteiger partial charge in [0, 0.05) is 25.0 Å². The van der Waals surface area contributed by atoms with Crippen LogP contribution in [0.15, 0.2) is 0 Å². The van der Waals surface area contributed by atoms with E-state index in [0.717, 1.165) is 89.2 Å². The Morgan fingerprint density at radius 2 is 0.967 bits per heavy atom. The molecule has 7 N–H and O–H groups in total. The van der Waals surface area contributed by atoms with Crippen LogP contribution in [0.25, 0.3) is 0 Å². The third-order valence-electron chi connectivity index (χ3n) is 10.4. The third-order valence-corrected chi connectivity index (χ3v) is 13.0. The van der Waals surface area contributed by atoms with Crippen molar-refractivity contribution in [3.8, 4) is 0 Å². The molecule has 20 heteroatoms. The van der Waals surface area contributed by atoms with E-state index in [1.807, 2.05) is 6.92 Å². The van der Waals surface area contributed by atoms with Crippen LogP contribution >= 0.6 is 27.4 Å². The molecule has 0 aromatic carbocycles. The van der Waals surface area contributed by atoms with E-state index in [1.165, 1.54) is 63.1 Å². The minimum atomic E-state index is -5.36. The van der Waals surface area contributed by atoms with E-state index in [4.69, 9.17) is 28.3 Å². The maximum absolute atomic E-state index is 13.0. The quantitative estimate of drug-likeness (QED) is 0.0181. The van der Waals surface area contributed by atoms with Gasteiger partial charge in [0.25, 0.3) is 0 Å². The largest absolute Gasteiger partial charge is 0.472 e. The molecule has 4 unspecified atom stereocenters. The molecule has 61 heavy (non-hydrogen) atoms. The number of ether oxygens (including phenoxy) is 2. The van der Waals surface area contributed by atoms with Crippen molar-refractivity contribution in [3.05, 3.63) is 0 Å². The molecule has 1 aliphatic carbocycles. The molecule has 1 saturated carbocycles. The molecule has 0 aromatic heterocycles. The van der Waals surface area contributed by atoms with E-state index in [-0.39, 0.29) is 18.0 Å². The summed E-state index contributed by atoms with van der Waals surface area (Å²) in [5, 5.41) is 41.4. The molecule has 0 saturated heterocycles. The highest BCUT2D eigenvalue weighted by Gasteiger charge is 2.54. The fraction of sp³-hybridized carbons (Fsp3) is 0.927. The van der Waals surface area contributed by atoms with Crippen LogP contribution in [0.5, 0.6) is 0 Å². The molecule has 1 fully saturated rings. The summed E-state index contributed by atoms with van der Waals surface area (Å²) in [6.45, 7) is 2.85. The van der Waals surface area contributed by atoms with Gasteiger partial charge < -0.3 is 44.6 Å². The fourth-order valence-electron chi connectivity index (χ4n) is 6.93. The zero-order valence-corrected chi connectivity index (χ0v) is 39.2. The summed E-state index contributed by atoms with van der Waals surface area (Å²) in [5.41, 5.74) is 0. The first kappa shape index (κ1) is 58.0. The minimum absolute atomic E-state index is 0.0379. The first-order valence-corrected chi connectivity index (χ1v) is 26.6. The second kappa shape index (κ2) is 34.4. The summed E-state index contributed by atoms with van der Waals surface area (Å²) < 4.78 is 49.3. The molecule has 0 spiro atoms. The Bertz CT molecular complexity index is 1270. The van der Waals surface area contributed by atoms with Crippen LogP contribution in [0, 0.1) is 0 Å². The Morgan fingerprint density at radius 1 is 0.525 bits per heavy atom. The first-order chi connectivity index (χ1) is 29.0. The molecule has 0 heterocycles. The molecule has 0 radical (unpaired) electrons. The third kappa shape index (κ3) is 29.2. The van der Waals surface area contributed by atoms with Gasteiger partial charge in [-0.2, -0.15) is 0 Å². The molecule has 17 nitrogen and oxygen atoms in total. The van der Waals surface area contributed by atoms with Crippen LogP contribution in [0.1, 0.15) is 181 Å². The maximum Gasteiger partial charge on any atom is 0.472 e. The second-order valence-electron chi connectivity index (χ2n) is 16.0. The van der Waals surface area contributed by atoms with E-state index in [9.17, 15) is 48.8 Å². The van der Waals surface area contributed by atoms with Gasteiger partial charge >= 0.3 is 27.6 Å². The SMILES string of the molecule is CCCCCCCCCCCCCCCC(=O)O[C@H](COC(=O)CCCCCCCCCCCSC(=O)CCC)COP(=O)(O)OC1C(O)[C@@H](OP(=O)(O)O)C(O)[C@@H](O)[C@H]1O. The molecule has 0 amide bonds. The van der Waals surface area contributed by atoms with E-state index in [2.05, 4.69) is 11.4 Å². The van der Waals surface area contributed by atoms with Crippen LogP contribution < -0.4 is 0 Å². The number of rotatable bonds is 38. The van der Waals surface area contributed by atoms with Crippen molar-refractivity contribution in [1.29, 1.82) is 0 Å². The van der Waals surface area contributed by atoms with Crippen molar-refractivity contribution in [2.24, 2.45) is 0 Å². The number of aliphatic hydroxyl groups is 4. The smallest absolute Gasteiger partial charge is 0.462 e. The highest BCUT2D eigenvalue weighted by atomic mass is 32.2. The summed E-state index contributed by atoms with van der Waals surface area (Å²) in [6.07, 6.45) is 10.1. The summed E-state index contributed by atoms with van der Waals surface area (Å²) in [7, 11) is -10.7. The van der Waals surface area contributed by atoms with Gasteiger partial charge in [0.2, 0.25) is 0 Å². The highest BCUT2D eigenvalue weighted by molar-refractivity contribution is 8.13. The van der Waals surface area contributed by atoms with Crippen LogP contribution in [-0.4, -0.2) is 114 Å². The average molecular weight is 937 g/mol. The van der Waals surface area contributed by atoms with Crippen molar-refractivity contribution in [1.82, 2.24) is 0 Å². The second-order valence-corrected chi connectivity index (χ2v) is 19.8. The van der Waals surface area contributed by atoms with Gasteiger partial charge in [0.1, 0.15) is 43.2 Å². The van der Waals surface area contributed by atoms with Crippen molar-refractivity contribution in [3.63, 3.8) is 0 Å². The van der Waals surface area contributed by atoms with Gasteiger partial charge in [-0.05, 0) is 25.7 Å². The minimum Gasteiger partial charge on any atom is -0.462 e. The summed E-state index contributed by atoms with van der Waals surface area (Å²) in [4.78, 5) is 65.7. The van der Waals surface area contributed by atoms with Gasteiger partial charge in [-0.3, -0.25) is 28.0 Å². The van der Waals surface area contributed by atoms with E-state index >= 15 is 0 Å². The lowest BCUT2D eigenvalue weighted by molar-refractivity contribution is -0.216. The predicted molar refractivity (Wildman–Crippen MR) is 231 cm³/mol. The Kier molecular flexibility index (Phi) is 32.7. The number of phosphoric ester groups is 2. The molecule has 360 valence electrons. The molecular formula is C41H78O17P2S. The van der Waals surface area contributed by atoms with E-state index < -0.39 is 83.5 Å². The van der Waals surface area contributed by atoms with Crippen molar-refractivity contribution in [2.75, 3.05) is 19.0 Å². The number of hydrogen-bond donors (Lipinski definition) is 7. The number of unbranched alkanes of at least 4 members (excludes halogenated alkanes) is 20. The van der Waals surface area contributed by atoms with Gasteiger partial charge in [0.15, 0.2) is 11.2 Å². The van der Waals surface area contributed by atoms with Gasteiger partial charge in [-0.25, -0.2) is 9.13 Å². The number of hydrogen-bond acceptors (Lipinski definition) is 15. The summed E-state index contributed by atoms with van der Waals surface area (Å²) in [5.74, 6) is -0.360. The van der Waals surface area contributed by atoms with Gasteiger partial charge in [-0.15, -0.1) is 0 Å². The average Bonchev–Trinajstić information content (AvgIpc) is 3.20. The lowest BCUT2D eigenvalue weighted by Gasteiger charge is -2.43. The number of carbonyl (C=O) groups is 3. The monoisotopic (exact) mass is 936 g/mol.